The molecule has 0 spiro atoms. The van der Waals surface area contributed by atoms with E-state index >= 15 is 0 Å². The lowest BCUT2D eigenvalue weighted by Gasteiger charge is -2.16. The summed E-state index contributed by atoms with van der Waals surface area (Å²) in [4.78, 5) is 14.9. The first-order valence-corrected chi connectivity index (χ1v) is 9.36. The average molecular weight is 436 g/mol. The van der Waals surface area contributed by atoms with Crippen molar-refractivity contribution in [2.75, 3.05) is 18.8 Å². The summed E-state index contributed by atoms with van der Waals surface area (Å²) in [7, 11) is 0. The number of carbonyl (C=O) groups is 1. The minimum absolute atomic E-state index is 0.0135. The molecule has 1 amide bonds. The molecule has 158 valence electrons. The number of rotatable bonds is 8. The first kappa shape index (κ1) is 21.3. The summed E-state index contributed by atoms with van der Waals surface area (Å²) in [6, 6.07) is 4.21. The molecule has 1 aromatic carbocycles. The Labute approximate surface area is 175 Å². The third kappa shape index (κ3) is 4.44. The number of anilines is 1. The Balaban J connectivity index is 1.92. The van der Waals surface area contributed by atoms with Gasteiger partial charge in [0.15, 0.2) is 5.69 Å². The fraction of sp³-hybridized carbons (Fsp3) is 0.294. The van der Waals surface area contributed by atoms with Crippen molar-refractivity contribution in [2.24, 2.45) is 5.10 Å². The minimum Gasteiger partial charge on any atom is -0.378 e. The van der Waals surface area contributed by atoms with E-state index in [9.17, 15) is 9.18 Å². The highest BCUT2D eigenvalue weighted by Gasteiger charge is 2.25. The molecule has 0 saturated heterocycles. The molecule has 3 aromatic rings. The molecular weight excluding hydrogens is 417 g/mol. The van der Waals surface area contributed by atoms with Gasteiger partial charge in [0.25, 0.3) is 5.91 Å². The first-order valence-electron chi connectivity index (χ1n) is 8.98. The van der Waals surface area contributed by atoms with Crippen molar-refractivity contribution in [3.8, 4) is 5.82 Å². The Kier molecular flexibility index (Phi) is 6.69. The number of benzene rings is 1. The Morgan fingerprint density at radius 2 is 2.17 bits per heavy atom. The fourth-order valence-corrected chi connectivity index (χ4v) is 2.85. The lowest BCUT2D eigenvalue weighted by molar-refractivity contribution is 0.0945. The number of halogens is 2. The van der Waals surface area contributed by atoms with Crippen LogP contribution in [0, 0.1) is 5.82 Å². The highest BCUT2D eigenvalue weighted by molar-refractivity contribution is 6.33. The predicted molar refractivity (Wildman–Crippen MR) is 107 cm³/mol. The molecule has 3 N–H and O–H groups in total. The van der Waals surface area contributed by atoms with Crippen LogP contribution in [0.15, 0.2) is 27.9 Å². The normalized spacial score (nSPS) is 11.5. The zero-order chi connectivity index (χ0) is 21.7. The summed E-state index contributed by atoms with van der Waals surface area (Å²) in [6.07, 6.45) is 1.11. The maximum Gasteiger partial charge on any atom is 0.292 e. The molecule has 0 unspecified atom stereocenters. The molecule has 0 aliphatic heterocycles. The number of nitrogen functional groups attached to an aromatic ring is 1. The summed E-state index contributed by atoms with van der Waals surface area (Å²) < 4.78 is 19.6. The van der Waals surface area contributed by atoms with Gasteiger partial charge in [-0.3, -0.25) is 9.69 Å². The summed E-state index contributed by atoms with van der Waals surface area (Å²) in [5.41, 5.74) is 8.51. The van der Waals surface area contributed by atoms with Crippen LogP contribution in [-0.4, -0.2) is 55.4 Å². The van der Waals surface area contributed by atoms with Gasteiger partial charge in [-0.25, -0.2) is 14.4 Å². The Hall–Kier alpha value is -3.38. The highest BCUT2D eigenvalue weighted by atomic mass is 35.5. The van der Waals surface area contributed by atoms with Crippen molar-refractivity contribution < 1.29 is 13.8 Å². The van der Waals surface area contributed by atoms with E-state index in [2.05, 4.69) is 35.8 Å². The Bertz CT molecular complexity index is 1040. The van der Waals surface area contributed by atoms with Crippen molar-refractivity contribution in [3.05, 3.63) is 46.0 Å². The molecule has 0 atom stereocenters. The van der Waals surface area contributed by atoms with Gasteiger partial charge in [0, 0.05) is 12.1 Å². The molecule has 2 heterocycles. The number of carbonyl (C=O) groups excluding carboxylic acids is 1. The maximum atomic E-state index is 13.9. The monoisotopic (exact) mass is 435 g/mol. The van der Waals surface area contributed by atoms with Crippen LogP contribution >= 0.6 is 11.6 Å². The number of hydrogen-bond acceptors (Lipinski definition) is 9. The molecule has 0 saturated carbocycles. The third-order valence-corrected chi connectivity index (χ3v) is 4.61. The standard InChI is InChI=1S/C17H19ClFN9O2/c1-3-27(4-2)9-13-14(28(26-22-13)16-15(20)24-30-25-16)17(29)23-21-8-10-11(18)6-5-7-12(10)19/h5-8H,3-4,9H2,1-2H3,(H2,20,24)(H,23,29)/b21-8+. The topological polar surface area (TPSA) is 140 Å². The number of nitrogens with one attached hydrogen (secondary N) is 1. The zero-order valence-electron chi connectivity index (χ0n) is 16.2. The van der Waals surface area contributed by atoms with E-state index < -0.39 is 11.7 Å². The number of aromatic nitrogens is 5. The molecule has 11 nitrogen and oxygen atoms in total. The van der Waals surface area contributed by atoms with Crippen LogP contribution in [0.25, 0.3) is 5.82 Å². The molecule has 0 fully saturated rings. The van der Waals surface area contributed by atoms with Crippen molar-refractivity contribution in [1.29, 1.82) is 0 Å². The molecular formula is C17H19ClFN9O2. The predicted octanol–water partition coefficient (Wildman–Crippen LogP) is 1.63. The molecule has 30 heavy (non-hydrogen) atoms. The minimum atomic E-state index is -0.659. The van der Waals surface area contributed by atoms with Gasteiger partial charge >= 0.3 is 0 Å². The number of nitrogens with two attached hydrogens (primary N) is 1. The lowest BCUT2D eigenvalue weighted by atomic mass is 10.2. The zero-order valence-corrected chi connectivity index (χ0v) is 17.0. The number of nitrogens with zero attached hydrogens (tertiary/aromatic N) is 7. The number of amides is 1. The number of hydrogen-bond donors (Lipinski definition) is 2. The molecule has 0 aliphatic carbocycles. The van der Waals surface area contributed by atoms with Gasteiger partial charge in [-0.15, -0.1) is 5.10 Å². The van der Waals surface area contributed by atoms with Crippen LogP contribution in [0.5, 0.6) is 0 Å². The quantitative estimate of drug-likeness (QED) is 0.401. The van der Waals surface area contributed by atoms with Gasteiger partial charge in [-0.1, -0.05) is 36.7 Å². The van der Waals surface area contributed by atoms with Gasteiger partial charge in [0.1, 0.15) is 11.5 Å². The van der Waals surface area contributed by atoms with Crippen LogP contribution in [0.2, 0.25) is 5.02 Å². The summed E-state index contributed by atoms with van der Waals surface area (Å²) >= 11 is 5.96. The number of hydrazone groups is 1. The van der Waals surface area contributed by atoms with Crippen molar-refractivity contribution >= 4 is 29.5 Å². The van der Waals surface area contributed by atoms with Gasteiger partial charge in [0.2, 0.25) is 11.6 Å². The lowest BCUT2D eigenvalue weighted by Crippen LogP contribution is -2.27. The van der Waals surface area contributed by atoms with Crippen molar-refractivity contribution in [3.63, 3.8) is 0 Å². The van der Waals surface area contributed by atoms with Gasteiger partial charge in [0.05, 0.1) is 11.2 Å². The maximum absolute atomic E-state index is 13.9. The van der Waals surface area contributed by atoms with Crippen LogP contribution < -0.4 is 11.2 Å². The molecule has 0 bridgehead atoms. The average Bonchev–Trinajstić information content (AvgIpc) is 3.33. The molecule has 2 aromatic heterocycles. The summed E-state index contributed by atoms with van der Waals surface area (Å²) in [6.45, 7) is 5.79. The fourth-order valence-electron chi connectivity index (χ4n) is 2.63. The Morgan fingerprint density at radius 1 is 1.40 bits per heavy atom. The summed E-state index contributed by atoms with van der Waals surface area (Å²) in [5, 5.41) is 19.2. The van der Waals surface area contributed by atoms with Crippen molar-refractivity contribution in [2.45, 2.75) is 20.4 Å². The second-order valence-corrected chi connectivity index (χ2v) is 6.47. The van der Waals surface area contributed by atoms with Crippen LogP contribution in [0.1, 0.15) is 35.6 Å². The van der Waals surface area contributed by atoms with Gasteiger partial charge < -0.3 is 5.73 Å². The molecule has 13 heteroatoms. The van der Waals surface area contributed by atoms with E-state index in [-0.39, 0.29) is 27.9 Å². The SMILES string of the molecule is CCN(CC)Cc1nnn(-c2nonc2N)c1C(=O)N/N=C/c1c(F)cccc1Cl. The third-order valence-electron chi connectivity index (χ3n) is 4.28. The second-order valence-electron chi connectivity index (χ2n) is 6.07. The van der Waals surface area contributed by atoms with Crippen LogP contribution in [0.3, 0.4) is 0 Å². The van der Waals surface area contributed by atoms with E-state index in [0.29, 0.717) is 12.2 Å². The molecule has 0 aliphatic rings. The van der Waals surface area contributed by atoms with E-state index in [1.165, 1.54) is 18.2 Å². The largest absolute Gasteiger partial charge is 0.378 e. The van der Waals surface area contributed by atoms with Gasteiger partial charge in [-0.2, -0.15) is 9.78 Å². The van der Waals surface area contributed by atoms with E-state index in [1.807, 2.05) is 18.7 Å². The first-order chi connectivity index (χ1) is 14.5. The van der Waals surface area contributed by atoms with Crippen LogP contribution in [-0.2, 0) is 6.54 Å². The van der Waals surface area contributed by atoms with E-state index in [4.69, 9.17) is 17.3 Å². The molecule has 3 rings (SSSR count). The summed E-state index contributed by atoms with van der Waals surface area (Å²) in [5.74, 6) is -1.28. The van der Waals surface area contributed by atoms with Crippen molar-refractivity contribution in [1.82, 2.24) is 35.6 Å². The van der Waals surface area contributed by atoms with E-state index in [1.54, 1.807) is 0 Å². The highest BCUT2D eigenvalue weighted by Crippen LogP contribution is 2.18. The molecule has 0 radical (unpaired) electrons. The van der Waals surface area contributed by atoms with Crippen LogP contribution in [0.4, 0.5) is 10.2 Å². The smallest absolute Gasteiger partial charge is 0.292 e. The van der Waals surface area contributed by atoms with Gasteiger partial charge in [-0.05, 0) is 35.5 Å². The second kappa shape index (κ2) is 9.41. The Morgan fingerprint density at radius 3 is 2.80 bits per heavy atom. The van der Waals surface area contributed by atoms with E-state index in [0.717, 1.165) is 24.0 Å².